The summed E-state index contributed by atoms with van der Waals surface area (Å²) < 4.78 is 1.89. The number of aromatic nitrogens is 6. The van der Waals surface area contributed by atoms with Crippen LogP contribution in [0, 0.1) is 0 Å². The molecule has 0 fully saturated rings. The van der Waals surface area contributed by atoms with Gasteiger partial charge in [0.25, 0.3) is 0 Å². The minimum absolute atomic E-state index is 0.269. The molecule has 0 aliphatic carbocycles. The van der Waals surface area contributed by atoms with Crippen LogP contribution in [0.25, 0.3) is 22.5 Å². The van der Waals surface area contributed by atoms with Crippen LogP contribution < -0.4 is 0 Å². The smallest absolute Gasteiger partial charge is 0.329 e. The van der Waals surface area contributed by atoms with Crippen molar-refractivity contribution in [1.82, 2.24) is 30.0 Å². The third-order valence-electron chi connectivity index (χ3n) is 4.42. The van der Waals surface area contributed by atoms with Crippen LogP contribution in [0.15, 0.2) is 36.7 Å². The number of carbonyl (C=O) groups is 4. The minimum Gasteiger partial charge on any atom is -0.481 e. The molecule has 0 amide bonds. The van der Waals surface area contributed by atoms with Gasteiger partial charge < -0.3 is 20.4 Å². The average molecular weight is 444 g/mol. The van der Waals surface area contributed by atoms with Gasteiger partial charge in [-0.05, 0) is 6.07 Å². The Morgan fingerprint density at radius 2 is 1.16 bits per heavy atom. The Bertz CT molecular complexity index is 1100. The number of nitrogens with zero attached hydrogens (tertiary/aromatic N) is 6. The molecule has 1 aromatic carbocycles. The van der Waals surface area contributed by atoms with Gasteiger partial charge in [0.2, 0.25) is 0 Å². The van der Waals surface area contributed by atoms with Gasteiger partial charge in [-0.3, -0.25) is 9.59 Å². The van der Waals surface area contributed by atoms with Crippen LogP contribution in [-0.4, -0.2) is 74.3 Å². The highest BCUT2D eigenvalue weighted by Gasteiger charge is 2.26. The maximum Gasteiger partial charge on any atom is 0.329 e. The largest absolute Gasteiger partial charge is 0.481 e. The first-order chi connectivity index (χ1) is 15.2. The van der Waals surface area contributed by atoms with Crippen molar-refractivity contribution in [2.24, 2.45) is 0 Å². The molecule has 166 valence electrons. The number of rotatable bonds is 10. The molecule has 2 atom stereocenters. The van der Waals surface area contributed by atoms with Crippen molar-refractivity contribution in [3.05, 3.63) is 36.7 Å². The molecule has 0 radical (unpaired) electrons. The second kappa shape index (κ2) is 9.03. The third-order valence-corrected chi connectivity index (χ3v) is 4.42. The molecule has 0 spiro atoms. The number of aliphatic carboxylic acids is 4. The topological polar surface area (TPSA) is 211 Å². The van der Waals surface area contributed by atoms with Gasteiger partial charge in [0.15, 0.2) is 12.1 Å². The van der Waals surface area contributed by atoms with Crippen molar-refractivity contribution in [3.8, 4) is 22.5 Å². The fraction of sp³-hybridized carbons (Fsp3) is 0.222. The number of hydrogen-bond acceptors (Lipinski definition) is 8. The lowest BCUT2D eigenvalue weighted by molar-refractivity contribution is -0.147. The van der Waals surface area contributed by atoms with Crippen molar-refractivity contribution in [2.75, 3.05) is 0 Å². The van der Waals surface area contributed by atoms with Crippen molar-refractivity contribution < 1.29 is 39.6 Å². The number of hydrogen-bond donors (Lipinski definition) is 4. The molecule has 0 bridgehead atoms. The maximum atomic E-state index is 11.3. The molecule has 0 aliphatic heterocycles. The van der Waals surface area contributed by atoms with E-state index in [0.717, 1.165) is 9.36 Å². The zero-order valence-electron chi connectivity index (χ0n) is 16.1. The first-order valence-corrected chi connectivity index (χ1v) is 8.99. The van der Waals surface area contributed by atoms with E-state index in [0.29, 0.717) is 11.1 Å². The summed E-state index contributed by atoms with van der Waals surface area (Å²) >= 11 is 0. The third kappa shape index (κ3) is 4.92. The highest BCUT2D eigenvalue weighted by Crippen LogP contribution is 2.25. The van der Waals surface area contributed by atoms with Crippen molar-refractivity contribution in [2.45, 2.75) is 24.9 Å². The Morgan fingerprint density at radius 3 is 1.50 bits per heavy atom. The second-order valence-electron chi connectivity index (χ2n) is 6.65. The van der Waals surface area contributed by atoms with Crippen LogP contribution in [0.4, 0.5) is 0 Å². The standard InChI is InChI=1S/C18H16N6O8/c25-15(26)5-13(17(29)30)23-7-11(19-21-23)9-2-1-3-10(4-9)12-8-24(22-20-12)14(18(31)32)6-16(27)28/h1-4,7-8,13-14H,5-6H2,(H,25,26)(H,27,28)(H,29,30)(H,31,32). The normalized spacial score (nSPS) is 12.8. The van der Waals surface area contributed by atoms with E-state index in [1.165, 1.54) is 12.4 Å². The van der Waals surface area contributed by atoms with Gasteiger partial charge >= 0.3 is 23.9 Å². The summed E-state index contributed by atoms with van der Waals surface area (Å²) in [5.41, 5.74) is 1.54. The second-order valence-corrected chi connectivity index (χ2v) is 6.65. The van der Waals surface area contributed by atoms with Crippen LogP contribution in [0.3, 0.4) is 0 Å². The van der Waals surface area contributed by atoms with Gasteiger partial charge in [-0.2, -0.15) is 0 Å². The lowest BCUT2D eigenvalue weighted by atomic mass is 10.1. The Kier molecular flexibility index (Phi) is 6.23. The summed E-state index contributed by atoms with van der Waals surface area (Å²) in [6, 6.07) is 3.70. The zero-order chi connectivity index (χ0) is 23.4. The molecule has 0 aliphatic rings. The number of carboxylic acid groups (broad SMARTS) is 4. The summed E-state index contributed by atoms with van der Waals surface area (Å²) in [5, 5.41) is 51.5. The van der Waals surface area contributed by atoms with Gasteiger partial charge in [0.05, 0.1) is 25.2 Å². The monoisotopic (exact) mass is 444 g/mol. The van der Waals surface area contributed by atoms with Crippen LogP contribution in [0.2, 0.25) is 0 Å². The van der Waals surface area contributed by atoms with Crippen molar-refractivity contribution >= 4 is 23.9 Å². The van der Waals surface area contributed by atoms with E-state index in [-0.39, 0.29) is 11.4 Å². The van der Waals surface area contributed by atoms with Gasteiger partial charge in [0.1, 0.15) is 11.4 Å². The molecule has 14 nitrogen and oxygen atoms in total. The van der Waals surface area contributed by atoms with Crippen molar-refractivity contribution in [1.29, 1.82) is 0 Å². The van der Waals surface area contributed by atoms with E-state index < -0.39 is 48.8 Å². The maximum absolute atomic E-state index is 11.3. The predicted octanol–water partition coefficient (Wildman–Crippen LogP) is 0.404. The first-order valence-electron chi connectivity index (χ1n) is 8.99. The lowest BCUT2D eigenvalue weighted by Gasteiger charge is -2.08. The molecule has 32 heavy (non-hydrogen) atoms. The average Bonchev–Trinajstić information content (AvgIpc) is 3.40. The lowest BCUT2D eigenvalue weighted by Crippen LogP contribution is -2.22. The van der Waals surface area contributed by atoms with E-state index >= 15 is 0 Å². The van der Waals surface area contributed by atoms with E-state index in [1.54, 1.807) is 24.3 Å². The quantitative estimate of drug-likeness (QED) is 0.335. The molecule has 3 rings (SSSR count). The summed E-state index contributed by atoms with van der Waals surface area (Å²) in [6.45, 7) is 0. The number of benzene rings is 1. The SMILES string of the molecule is O=C(O)CC(C(=O)O)n1cc(-c2cccc(-c3cn(C(CC(=O)O)C(=O)O)nn3)c2)nn1. The summed E-state index contributed by atoms with van der Waals surface area (Å²) in [7, 11) is 0. The van der Waals surface area contributed by atoms with Gasteiger partial charge in [0, 0.05) is 11.1 Å². The molecule has 0 saturated carbocycles. The van der Waals surface area contributed by atoms with Gasteiger partial charge in [-0.15, -0.1) is 10.2 Å². The molecule has 2 unspecified atom stereocenters. The summed E-state index contributed by atoms with van der Waals surface area (Å²) in [4.78, 5) is 44.5. The van der Waals surface area contributed by atoms with Crippen LogP contribution in [-0.2, 0) is 19.2 Å². The highest BCUT2D eigenvalue weighted by molar-refractivity contribution is 5.80. The Balaban J connectivity index is 1.89. The molecule has 2 heterocycles. The van der Waals surface area contributed by atoms with Crippen LogP contribution in [0.5, 0.6) is 0 Å². The zero-order valence-corrected chi connectivity index (χ0v) is 16.1. The van der Waals surface area contributed by atoms with E-state index in [9.17, 15) is 29.4 Å². The van der Waals surface area contributed by atoms with E-state index in [1.807, 2.05) is 0 Å². The Morgan fingerprint density at radius 1 is 0.750 bits per heavy atom. The number of carboxylic acids is 4. The van der Waals surface area contributed by atoms with Crippen LogP contribution in [0.1, 0.15) is 24.9 Å². The molecule has 3 aromatic rings. The fourth-order valence-electron chi connectivity index (χ4n) is 2.88. The fourth-order valence-corrected chi connectivity index (χ4v) is 2.88. The first kappa shape index (κ1) is 22.1. The predicted molar refractivity (Wildman–Crippen MR) is 102 cm³/mol. The minimum atomic E-state index is -1.43. The molecular formula is C18H16N6O8. The summed E-state index contributed by atoms with van der Waals surface area (Å²) in [6.07, 6.45) is 1.24. The molecule has 0 saturated heterocycles. The molecule has 4 N–H and O–H groups in total. The molecule has 2 aromatic heterocycles. The molecule has 14 heteroatoms. The highest BCUT2D eigenvalue weighted by atomic mass is 16.4. The Hall–Kier alpha value is -4.62. The molecular weight excluding hydrogens is 428 g/mol. The van der Waals surface area contributed by atoms with E-state index in [2.05, 4.69) is 20.6 Å². The van der Waals surface area contributed by atoms with E-state index in [4.69, 9.17) is 10.2 Å². The van der Waals surface area contributed by atoms with Gasteiger partial charge in [-0.25, -0.2) is 19.0 Å². The van der Waals surface area contributed by atoms with Crippen molar-refractivity contribution in [3.63, 3.8) is 0 Å². The Labute approximate surface area is 178 Å². The summed E-state index contributed by atoms with van der Waals surface area (Å²) in [5.74, 6) is -5.35. The van der Waals surface area contributed by atoms with Crippen LogP contribution >= 0.6 is 0 Å². The van der Waals surface area contributed by atoms with Gasteiger partial charge in [-0.1, -0.05) is 28.6 Å².